The fourth-order valence-electron chi connectivity index (χ4n) is 2.50. The maximum Gasteiger partial charge on any atom is 0.314 e. The van der Waals surface area contributed by atoms with Crippen LogP contribution in [0.1, 0.15) is 23.5 Å². The molecule has 3 amide bonds. The number of primary amides is 1. The van der Waals surface area contributed by atoms with Gasteiger partial charge in [0, 0.05) is 37.2 Å². The van der Waals surface area contributed by atoms with Crippen LogP contribution >= 0.6 is 23.1 Å². The van der Waals surface area contributed by atoms with Crippen molar-refractivity contribution < 1.29 is 9.59 Å². The molecule has 2 heterocycles. The average Bonchev–Trinajstić information content (AvgIpc) is 2.95. The third-order valence-electron chi connectivity index (χ3n) is 3.65. The van der Waals surface area contributed by atoms with Gasteiger partial charge in [0.15, 0.2) is 0 Å². The van der Waals surface area contributed by atoms with Crippen LogP contribution in [0.4, 0.5) is 4.79 Å². The smallest absolute Gasteiger partial charge is 0.314 e. The van der Waals surface area contributed by atoms with E-state index in [0.29, 0.717) is 19.6 Å². The first-order valence-electron chi connectivity index (χ1n) is 7.34. The molecule has 1 aromatic heterocycles. The first-order valence-corrected chi connectivity index (χ1v) is 9.61. The van der Waals surface area contributed by atoms with Gasteiger partial charge in [-0.05, 0) is 19.1 Å². The maximum atomic E-state index is 12.2. The molecule has 1 aliphatic heterocycles. The number of amides is 3. The van der Waals surface area contributed by atoms with Gasteiger partial charge in [0.05, 0.1) is 11.6 Å². The molecule has 3 N–H and O–H groups in total. The number of carbonyl (C=O) groups excluding carboxylic acids is 2. The third kappa shape index (κ3) is 4.88. The number of piperidine rings is 1. The molecule has 1 aliphatic rings. The molecule has 1 fully saturated rings. The normalized spacial score (nSPS) is 18.2. The average molecular weight is 342 g/mol. The molecule has 0 aliphatic carbocycles. The lowest BCUT2D eigenvalue weighted by Crippen LogP contribution is -2.47. The van der Waals surface area contributed by atoms with E-state index in [-0.39, 0.29) is 11.8 Å². The van der Waals surface area contributed by atoms with Crippen molar-refractivity contribution in [3.05, 3.63) is 16.1 Å². The van der Waals surface area contributed by atoms with E-state index < -0.39 is 6.03 Å². The highest BCUT2D eigenvalue weighted by atomic mass is 32.2. The topological polar surface area (TPSA) is 88.3 Å². The number of thioether (sulfide) groups is 1. The van der Waals surface area contributed by atoms with Crippen LogP contribution in [0.25, 0.3) is 0 Å². The lowest BCUT2D eigenvalue weighted by Gasteiger charge is -2.30. The Kier molecular flexibility index (Phi) is 6.50. The molecule has 0 spiro atoms. The minimum atomic E-state index is -0.443. The Labute approximate surface area is 138 Å². The molecule has 8 heteroatoms. The number of urea groups is 1. The lowest BCUT2D eigenvalue weighted by atomic mass is 9.97. The number of thiazole rings is 1. The van der Waals surface area contributed by atoms with Gasteiger partial charge in [-0.1, -0.05) is 0 Å². The van der Waals surface area contributed by atoms with E-state index in [2.05, 4.69) is 16.6 Å². The van der Waals surface area contributed by atoms with E-state index in [9.17, 15) is 9.59 Å². The van der Waals surface area contributed by atoms with Crippen LogP contribution in [0.5, 0.6) is 0 Å². The Hall–Kier alpha value is -1.28. The Morgan fingerprint density at radius 3 is 3.14 bits per heavy atom. The summed E-state index contributed by atoms with van der Waals surface area (Å²) in [6, 6.07) is -0.443. The molecule has 122 valence electrons. The van der Waals surface area contributed by atoms with Crippen molar-refractivity contribution in [2.24, 2.45) is 11.7 Å². The number of rotatable bonds is 6. The van der Waals surface area contributed by atoms with Crippen LogP contribution in [-0.2, 0) is 17.0 Å². The second-order valence-corrected chi connectivity index (χ2v) is 7.14. The Morgan fingerprint density at radius 2 is 2.41 bits per heavy atom. The standard InChI is InChI=1S/C14H22N4O2S2/c1-21-9-12-17-11(8-22-12)4-5-16-13(19)10-3-2-6-18(7-10)14(15)20/h8,10H,2-7,9H2,1H3,(H2,15,20)(H,16,19). The summed E-state index contributed by atoms with van der Waals surface area (Å²) in [5, 5.41) is 6.12. The Morgan fingerprint density at radius 1 is 1.59 bits per heavy atom. The number of hydrogen-bond donors (Lipinski definition) is 2. The molecule has 1 aromatic rings. The highest BCUT2D eigenvalue weighted by Crippen LogP contribution is 2.17. The Bertz CT molecular complexity index is 521. The lowest BCUT2D eigenvalue weighted by molar-refractivity contribution is -0.126. The zero-order chi connectivity index (χ0) is 15.9. The molecule has 0 saturated carbocycles. The van der Waals surface area contributed by atoms with Crippen LogP contribution in [-0.4, -0.2) is 47.7 Å². The quantitative estimate of drug-likeness (QED) is 0.819. The summed E-state index contributed by atoms with van der Waals surface area (Å²) in [7, 11) is 0. The number of nitrogens with one attached hydrogen (secondary N) is 1. The molecule has 0 aromatic carbocycles. The van der Waals surface area contributed by atoms with E-state index in [0.717, 1.165) is 35.7 Å². The predicted molar refractivity (Wildman–Crippen MR) is 89.9 cm³/mol. The van der Waals surface area contributed by atoms with Crippen LogP contribution in [0, 0.1) is 5.92 Å². The number of nitrogens with two attached hydrogens (primary N) is 1. The van der Waals surface area contributed by atoms with Crippen molar-refractivity contribution in [2.75, 3.05) is 25.9 Å². The van der Waals surface area contributed by atoms with E-state index >= 15 is 0 Å². The molecule has 0 radical (unpaired) electrons. The van der Waals surface area contributed by atoms with Crippen molar-refractivity contribution in [3.63, 3.8) is 0 Å². The van der Waals surface area contributed by atoms with Crippen molar-refractivity contribution in [2.45, 2.75) is 25.0 Å². The summed E-state index contributed by atoms with van der Waals surface area (Å²) in [6.07, 6.45) is 4.43. The predicted octanol–water partition coefficient (Wildman–Crippen LogP) is 1.46. The maximum absolute atomic E-state index is 12.2. The fourth-order valence-corrected chi connectivity index (χ4v) is 4.05. The van der Waals surface area contributed by atoms with Crippen molar-refractivity contribution in [1.29, 1.82) is 0 Å². The molecule has 1 atom stereocenters. The molecule has 1 unspecified atom stereocenters. The zero-order valence-corrected chi connectivity index (χ0v) is 14.3. The van der Waals surface area contributed by atoms with Gasteiger partial charge >= 0.3 is 6.03 Å². The van der Waals surface area contributed by atoms with Gasteiger partial charge in [-0.3, -0.25) is 4.79 Å². The largest absolute Gasteiger partial charge is 0.355 e. The third-order valence-corrected chi connectivity index (χ3v) is 5.29. The summed E-state index contributed by atoms with van der Waals surface area (Å²) < 4.78 is 0. The molecule has 1 saturated heterocycles. The minimum absolute atomic E-state index is 0.00511. The molecular formula is C14H22N4O2S2. The number of hydrogen-bond acceptors (Lipinski definition) is 5. The van der Waals surface area contributed by atoms with Crippen molar-refractivity contribution in [3.8, 4) is 0 Å². The summed E-state index contributed by atoms with van der Waals surface area (Å²) in [4.78, 5) is 29.4. The molecule has 22 heavy (non-hydrogen) atoms. The summed E-state index contributed by atoms with van der Waals surface area (Å²) in [5.41, 5.74) is 6.30. The molecular weight excluding hydrogens is 320 g/mol. The SMILES string of the molecule is CSCc1nc(CCNC(=O)C2CCCN(C(N)=O)C2)cs1. The number of likely N-dealkylation sites (tertiary alicyclic amines) is 1. The summed E-state index contributed by atoms with van der Waals surface area (Å²) in [5.74, 6) is 0.788. The first-order chi connectivity index (χ1) is 10.6. The summed E-state index contributed by atoms with van der Waals surface area (Å²) >= 11 is 3.42. The molecule has 6 nitrogen and oxygen atoms in total. The minimum Gasteiger partial charge on any atom is -0.355 e. The first kappa shape index (κ1) is 17.1. The fraction of sp³-hybridized carbons (Fsp3) is 0.643. The van der Waals surface area contributed by atoms with Crippen LogP contribution in [0.15, 0.2) is 5.38 Å². The highest BCUT2D eigenvalue weighted by molar-refractivity contribution is 7.97. The van der Waals surface area contributed by atoms with Gasteiger partial charge in [0.1, 0.15) is 5.01 Å². The van der Waals surface area contributed by atoms with Gasteiger partial charge in [-0.2, -0.15) is 11.8 Å². The van der Waals surface area contributed by atoms with Crippen LogP contribution in [0.2, 0.25) is 0 Å². The van der Waals surface area contributed by atoms with Gasteiger partial charge < -0.3 is 16.0 Å². The monoisotopic (exact) mass is 342 g/mol. The van der Waals surface area contributed by atoms with Crippen LogP contribution < -0.4 is 11.1 Å². The van der Waals surface area contributed by atoms with Gasteiger partial charge in [-0.15, -0.1) is 11.3 Å². The molecule has 2 rings (SSSR count). The molecule has 0 bridgehead atoms. The van der Waals surface area contributed by atoms with Gasteiger partial charge in [-0.25, -0.2) is 9.78 Å². The summed E-state index contributed by atoms with van der Waals surface area (Å²) in [6.45, 7) is 1.65. The second kappa shape index (κ2) is 8.38. The zero-order valence-electron chi connectivity index (χ0n) is 12.7. The van der Waals surface area contributed by atoms with Crippen molar-refractivity contribution >= 4 is 35.0 Å². The van der Waals surface area contributed by atoms with Gasteiger partial charge in [0.25, 0.3) is 0 Å². The van der Waals surface area contributed by atoms with E-state index in [1.807, 2.05) is 5.38 Å². The van der Waals surface area contributed by atoms with E-state index in [1.54, 1.807) is 28.0 Å². The highest BCUT2D eigenvalue weighted by Gasteiger charge is 2.27. The van der Waals surface area contributed by atoms with Gasteiger partial charge in [0.2, 0.25) is 5.91 Å². The van der Waals surface area contributed by atoms with E-state index in [1.165, 1.54) is 0 Å². The Balaban J connectivity index is 1.73. The van der Waals surface area contributed by atoms with E-state index in [4.69, 9.17) is 5.73 Å². The number of carbonyl (C=O) groups is 2. The van der Waals surface area contributed by atoms with Crippen molar-refractivity contribution in [1.82, 2.24) is 15.2 Å². The van der Waals surface area contributed by atoms with Crippen LogP contribution in [0.3, 0.4) is 0 Å². The number of nitrogens with zero attached hydrogens (tertiary/aromatic N) is 2. The number of aromatic nitrogens is 1. The second-order valence-electron chi connectivity index (χ2n) is 5.33.